The van der Waals surface area contributed by atoms with Gasteiger partial charge in [-0.1, -0.05) is 44.4 Å². The number of fused-ring (bicyclic) bond motifs is 3. The zero-order valence-electron chi connectivity index (χ0n) is 23.7. The molecule has 0 radical (unpaired) electrons. The van der Waals surface area contributed by atoms with Gasteiger partial charge in [-0.15, -0.1) is 0 Å². The average molecular weight is 555 g/mol. The first-order chi connectivity index (χ1) is 19.2. The second-order valence-electron chi connectivity index (χ2n) is 11.8. The molecule has 0 aromatic heterocycles. The van der Waals surface area contributed by atoms with Crippen molar-refractivity contribution < 1.29 is 23.0 Å². The fraction of sp³-hybridized carbons (Fsp3) is 0.545. The molecule has 5 rings (SSSR count). The fourth-order valence-electron chi connectivity index (χ4n) is 6.37. The maximum Gasteiger partial charge on any atom is 0.403 e. The van der Waals surface area contributed by atoms with E-state index in [9.17, 15) is 4.79 Å². The van der Waals surface area contributed by atoms with Crippen LogP contribution in [0.1, 0.15) is 95.1 Å². The first-order valence-corrected chi connectivity index (χ1v) is 14.8. The SMILES string of the molecule is CCCCCC12CCC(C(F)(F)Oc3ccc(/C=C/C(=O)OCCCCc4ccc(N)cc4N)cc3)(CC1)CC2. The second kappa shape index (κ2) is 13.0. The third-order valence-corrected chi connectivity index (χ3v) is 9.12. The van der Waals surface area contributed by atoms with Crippen LogP contribution in [0.5, 0.6) is 5.75 Å². The quantitative estimate of drug-likeness (QED) is 0.106. The highest BCUT2D eigenvalue weighted by molar-refractivity contribution is 5.87. The van der Waals surface area contributed by atoms with Gasteiger partial charge in [-0.3, -0.25) is 0 Å². The summed E-state index contributed by atoms with van der Waals surface area (Å²) in [6.07, 6.45) is 11.1. The van der Waals surface area contributed by atoms with Crippen LogP contribution < -0.4 is 16.2 Å². The lowest BCUT2D eigenvalue weighted by Crippen LogP contribution is -2.53. The third kappa shape index (κ3) is 7.35. The summed E-state index contributed by atoms with van der Waals surface area (Å²) < 4.78 is 41.5. The van der Waals surface area contributed by atoms with Crippen molar-refractivity contribution in [3.8, 4) is 5.75 Å². The zero-order valence-corrected chi connectivity index (χ0v) is 23.7. The number of aryl methyl sites for hydroxylation is 1. The largest absolute Gasteiger partial charge is 0.463 e. The van der Waals surface area contributed by atoms with Crippen LogP contribution >= 0.6 is 0 Å². The van der Waals surface area contributed by atoms with E-state index in [0.29, 0.717) is 49.2 Å². The highest BCUT2D eigenvalue weighted by atomic mass is 19.3. The van der Waals surface area contributed by atoms with Crippen molar-refractivity contribution in [2.24, 2.45) is 10.8 Å². The Morgan fingerprint density at radius 1 is 0.950 bits per heavy atom. The molecule has 3 aliphatic carbocycles. The second-order valence-corrected chi connectivity index (χ2v) is 11.8. The molecule has 0 spiro atoms. The van der Waals surface area contributed by atoms with E-state index < -0.39 is 17.5 Å². The molecule has 0 heterocycles. The van der Waals surface area contributed by atoms with Gasteiger partial charge in [0, 0.05) is 17.5 Å². The van der Waals surface area contributed by atoms with Crippen molar-refractivity contribution in [1.82, 2.24) is 0 Å². The standard InChI is InChI=1S/C33H44F2N2O3/c1-2-3-5-16-31-17-20-32(21-18-31,22-19-31)33(34,35)40-28-13-8-25(9-14-28)10-15-30(38)39-23-6-4-7-26-11-12-27(36)24-29(26)37/h8-15,24H,2-7,16-23,36-37H2,1H3/b15-10+. The van der Waals surface area contributed by atoms with Crippen molar-refractivity contribution in [2.75, 3.05) is 18.1 Å². The number of alkyl halides is 2. The van der Waals surface area contributed by atoms with Gasteiger partial charge in [-0.2, -0.15) is 8.78 Å². The summed E-state index contributed by atoms with van der Waals surface area (Å²) in [5.41, 5.74) is 13.9. The molecule has 2 bridgehead atoms. The minimum Gasteiger partial charge on any atom is -0.463 e. The number of ether oxygens (including phenoxy) is 2. The Balaban J connectivity index is 1.20. The minimum atomic E-state index is -3.20. The number of anilines is 2. The molecule has 5 nitrogen and oxygen atoms in total. The van der Waals surface area contributed by atoms with Gasteiger partial charge in [0.05, 0.1) is 12.0 Å². The number of rotatable bonds is 14. The monoisotopic (exact) mass is 554 g/mol. The lowest BCUT2D eigenvalue weighted by atomic mass is 9.52. The molecule has 0 unspecified atom stereocenters. The van der Waals surface area contributed by atoms with E-state index in [1.807, 2.05) is 12.1 Å². The number of nitrogen functional groups attached to an aromatic ring is 2. The van der Waals surface area contributed by atoms with E-state index in [1.165, 1.54) is 31.8 Å². The first-order valence-electron chi connectivity index (χ1n) is 14.8. The van der Waals surface area contributed by atoms with Gasteiger partial charge < -0.3 is 20.9 Å². The summed E-state index contributed by atoms with van der Waals surface area (Å²) in [6, 6.07) is 11.9. The van der Waals surface area contributed by atoms with Crippen molar-refractivity contribution in [2.45, 2.75) is 96.5 Å². The van der Waals surface area contributed by atoms with Crippen molar-refractivity contribution >= 4 is 23.4 Å². The van der Waals surface area contributed by atoms with Crippen LogP contribution in [-0.2, 0) is 16.0 Å². The van der Waals surface area contributed by atoms with Crippen molar-refractivity contribution in [3.05, 3.63) is 59.7 Å². The highest BCUT2D eigenvalue weighted by Crippen LogP contribution is 2.63. The summed E-state index contributed by atoms with van der Waals surface area (Å²) in [7, 11) is 0. The summed E-state index contributed by atoms with van der Waals surface area (Å²) in [5, 5.41) is 0. The van der Waals surface area contributed by atoms with Gasteiger partial charge in [0.1, 0.15) is 5.75 Å². The summed E-state index contributed by atoms with van der Waals surface area (Å²) in [4.78, 5) is 12.1. The number of halogens is 2. The van der Waals surface area contributed by atoms with Gasteiger partial charge in [0.15, 0.2) is 0 Å². The van der Waals surface area contributed by atoms with Gasteiger partial charge in [-0.05, 0) is 111 Å². The van der Waals surface area contributed by atoms with E-state index in [2.05, 4.69) is 6.92 Å². The summed E-state index contributed by atoms with van der Waals surface area (Å²) in [6.45, 7) is 2.51. The van der Waals surface area contributed by atoms with E-state index >= 15 is 8.78 Å². The molecule has 2 aromatic carbocycles. The molecule has 3 aliphatic rings. The van der Waals surface area contributed by atoms with Crippen molar-refractivity contribution in [3.63, 3.8) is 0 Å². The van der Waals surface area contributed by atoms with E-state index in [-0.39, 0.29) is 11.2 Å². The predicted molar refractivity (Wildman–Crippen MR) is 157 cm³/mol. The lowest BCUT2D eigenvalue weighted by molar-refractivity contribution is -0.289. The molecule has 7 heteroatoms. The first kappa shape index (κ1) is 29.9. The smallest absolute Gasteiger partial charge is 0.403 e. The van der Waals surface area contributed by atoms with Gasteiger partial charge in [-0.25, -0.2) is 4.79 Å². The van der Waals surface area contributed by atoms with Gasteiger partial charge >= 0.3 is 12.1 Å². The van der Waals surface area contributed by atoms with Crippen molar-refractivity contribution in [1.29, 1.82) is 0 Å². The Labute approximate surface area is 237 Å². The Hall–Kier alpha value is -3.09. The normalized spacial score (nSPS) is 22.5. The Morgan fingerprint density at radius 3 is 2.30 bits per heavy atom. The van der Waals surface area contributed by atoms with Crippen LogP contribution in [0.25, 0.3) is 6.08 Å². The summed E-state index contributed by atoms with van der Waals surface area (Å²) >= 11 is 0. The van der Waals surface area contributed by atoms with E-state index in [1.54, 1.807) is 36.4 Å². The number of esters is 1. The van der Waals surface area contributed by atoms with Crippen LogP contribution in [0.2, 0.25) is 0 Å². The minimum absolute atomic E-state index is 0.145. The molecule has 0 amide bonds. The Kier molecular flexibility index (Phi) is 9.75. The number of benzene rings is 2. The topological polar surface area (TPSA) is 87.6 Å². The molecule has 40 heavy (non-hydrogen) atoms. The molecule has 0 aliphatic heterocycles. The molecular formula is C33H44F2N2O3. The predicted octanol–water partition coefficient (Wildman–Crippen LogP) is 8.32. The molecule has 3 saturated carbocycles. The molecule has 2 aromatic rings. The Morgan fingerprint density at radius 2 is 1.65 bits per heavy atom. The average Bonchev–Trinajstić information content (AvgIpc) is 2.94. The molecule has 0 saturated heterocycles. The number of hydrogen-bond acceptors (Lipinski definition) is 5. The van der Waals surface area contributed by atoms with Crippen LogP contribution in [0.3, 0.4) is 0 Å². The van der Waals surface area contributed by atoms with E-state index in [4.69, 9.17) is 20.9 Å². The maximum absolute atomic E-state index is 15.5. The highest BCUT2D eigenvalue weighted by Gasteiger charge is 2.62. The Bertz CT molecular complexity index is 1140. The number of nitrogens with two attached hydrogens (primary N) is 2. The van der Waals surface area contributed by atoms with Crippen LogP contribution in [0.15, 0.2) is 48.5 Å². The van der Waals surface area contributed by atoms with Gasteiger partial charge in [0.25, 0.3) is 0 Å². The van der Waals surface area contributed by atoms with Crippen LogP contribution in [0, 0.1) is 10.8 Å². The number of carbonyl (C=O) groups is 1. The van der Waals surface area contributed by atoms with E-state index in [0.717, 1.165) is 37.7 Å². The zero-order chi connectivity index (χ0) is 28.6. The number of unbranched alkanes of at least 4 members (excludes halogenated alkanes) is 3. The lowest BCUT2D eigenvalue weighted by Gasteiger charge is -2.55. The molecule has 0 atom stereocenters. The van der Waals surface area contributed by atoms with Crippen LogP contribution in [-0.4, -0.2) is 18.7 Å². The third-order valence-electron chi connectivity index (χ3n) is 9.12. The summed E-state index contributed by atoms with van der Waals surface area (Å²) in [5.74, 6) is -0.301. The molecule has 4 N–H and O–H groups in total. The number of carbonyl (C=O) groups excluding carboxylic acids is 1. The maximum atomic E-state index is 15.5. The number of hydrogen-bond donors (Lipinski definition) is 2. The van der Waals surface area contributed by atoms with Crippen LogP contribution in [0.4, 0.5) is 20.2 Å². The van der Waals surface area contributed by atoms with Gasteiger partial charge in [0.2, 0.25) is 0 Å². The molecular weight excluding hydrogens is 510 g/mol. The molecule has 218 valence electrons. The molecule has 3 fully saturated rings. The fourth-order valence-corrected chi connectivity index (χ4v) is 6.37.